The Kier molecular flexibility index (Phi) is 4.97. The third-order valence-corrected chi connectivity index (χ3v) is 5.83. The topological polar surface area (TPSA) is 104 Å². The highest BCUT2D eigenvalue weighted by molar-refractivity contribution is 6.01. The van der Waals surface area contributed by atoms with Gasteiger partial charge in [-0.05, 0) is 36.5 Å². The lowest BCUT2D eigenvalue weighted by Crippen LogP contribution is -2.37. The van der Waals surface area contributed by atoms with Crippen LogP contribution >= 0.6 is 0 Å². The smallest absolute Gasteiger partial charge is 0.265 e. The van der Waals surface area contributed by atoms with Crippen molar-refractivity contribution in [1.82, 2.24) is 24.4 Å². The molecule has 3 aromatic heterocycles. The maximum Gasteiger partial charge on any atom is 0.265 e. The lowest BCUT2D eigenvalue weighted by Gasteiger charge is -2.22. The van der Waals surface area contributed by atoms with Crippen LogP contribution in [0.5, 0.6) is 5.75 Å². The summed E-state index contributed by atoms with van der Waals surface area (Å²) in [7, 11) is 1.86. The number of benzene rings is 1. The number of carbonyl (C=O) groups is 1. The molecule has 32 heavy (non-hydrogen) atoms. The van der Waals surface area contributed by atoms with Crippen LogP contribution < -0.4 is 5.56 Å². The summed E-state index contributed by atoms with van der Waals surface area (Å²) in [5.74, 6) is -0.178. The third kappa shape index (κ3) is 3.75. The molecular weight excluding hydrogens is 406 g/mol. The van der Waals surface area contributed by atoms with Gasteiger partial charge in [-0.2, -0.15) is 0 Å². The summed E-state index contributed by atoms with van der Waals surface area (Å²) >= 11 is 0. The molecule has 0 spiro atoms. The Morgan fingerprint density at radius 2 is 2.00 bits per heavy atom. The minimum atomic E-state index is -0.621. The molecule has 2 N–H and O–H groups in total. The lowest BCUT2D eigenvalue weighted by atomic mass is 10.1. The summed E-state index contributed by atoms with van der Waals surface area (Å²) in [4.78, 5) is 39.2. The number of nitrogens with one attached hydrogen (secondary N) is 1. The molecule has 0 unspecified atom stereocenters. The van der Waals surface area contributed by atoms with E-state index in [1.165, 1.54) is 0 Å². The molecule has 1 aliphatic carbocycles. The Morgan fingerprint density at radius 1 is 1.22 bits per heavy atom. The third-order valence-electron chi connectivity index (χ3n) is 5.83. The molecule has 8 nitrogen and oxygen atoms in total. The Balaban J connectivity index is 1.49. The Hall–Kier alpha value is -3.94. The molecule has 8 heteroatoms. The summed E-state index contributed by atoms with van der Waals surface area (Å²) in [5, 5.41) is 10.9. The van der Waals surface area contributed by atoms with Crippen LogP contribution in [0.1, 0.15) is 40.2 Å². The van der Waals surface area contributed by atoms with Crippen molar-refractivity contribution in [3.63, 3.8) is 0 Å². The molecule has 0 atom stereocenters. The molecule has 1 aliphatic rings. The molecule has 1 aromatic carbocycles. The fraction of sp³-hybridized carbons (Fsp3) is 0.250. The number of H-pyrrole nitrogens is 1. The molecule has 1 saturated carbocycles. The quantitative estimate of drug-likeness (QED) is 0.490. The number of carbonyl (C=O) groups excluding carboxylic acids is 1. The summed E-state index contributed by atoms with van der Waals surface area (Å²) < 4.78 is 1.84. The maximum absolute atomic E-state index is 13.3. The van der Waals surface area contributed by atoms with Crippen LogP contribution in [-0.4, -0.2) is 41.5 Å². The number of nitrogens with zero attached hydrogens (tertiary/aromatic N) is 4. The van der Waals surface area contributed by atoms with Gasteiger partial charge in [0.2, 0.25) is 0 Å². The van der Waals surface area contributed by atoms with Gasteiger partial charge in [0, 0.05) is 31.7 Å². The van der Waals surface area contributed by atoms with Gasteiger partial charge in [0.05, 0.1) is 12.1 Å². The number of aromatic nitrogens is 4. The van der Waals surface area contributed by atoms with Gasteiger partial charge in [-0.15, -0.1) is 0 Å². The van der Waals surface area contributed by atoms with E-state index in [4.69, 9.17) is 0 Å². The highest BCUT2D eigenvalue weighted by atomic mass is 16.3. The van der Waals surface area contributed by atoms with Crippen molar-refractivity contribution in [2.45, 2.75) is 31.8 Å². The second-order valence-electron chi connectivity index (χ2n) is 8.20. The predicted molar refractivity (Wildman–Crippen MR) is 119 cm³/mol. The van der Waals surface area contributed by atoms with E-state index in [1.807, 2.05) is 48.1 Å². The first-order valence-electron chi connectivity index (χ1n) is 10.6. The minimum Gasteiger partial charge on any atom is -0.505 e. The van der Waals surface area contributed by atoms with Crippen LogP contribution in [0.4, 0.5) is 0 Å². The average molecular weight is 429 g/mol. The fourth-order valence-electron chi connectivity index (χ4n) is 3.93. The number of imidazole rings is 1. The number of aromatic hydroxyl groups is 1. The Bertz CT molecular complexity index is 1360. The first kappa shape index (κ1) is 20.0. The molecule has 0 radical (unpaired) electrons. The van der Waals surface area contributed by atoms with Crippen molar-refractivity contribution in [3.05, 3.63) is 87.9 Å². The van der Waals surface area contributed by atoms with Gasteiger partial charge in [0.25, 0.3) is 11.5 Å². The largest absolute Gasteiger partial charge is 0.505 e. The number of amides is 1. The number of hydrogen-bond acceptors (Lipinski definition) is 5. The molecular formula is C24H23N5O3. The molecule has 3 heterocycles. The van der Waals surface area contributed by atoms with Crippen molar-refractivity contribution < 1.29 is 9.90 Å². The van der Waals surface area contributed by atoms with Gasteiger partial charge in [-0.25, -0.2) is 4.98 Å². The van der Waals surface area contributed by atoms with Crippen LogP contribution in [-0.2, 0) is 20.0 Å². The summed E-state index contributed by atoms with van der Waals surface area (Å²) in [6.45, 7) is 0.271. The highest BCUT2D eigenvalue weighted by Crippen LogP contribution is 2.32. The molecule has 4 aromatic rings. The van der Waals surface area contributed by atoms with Crippen molar-refractivity contribution in [3.8, 4) is 5.75 Å². The van der Waals surface area contributed by atoms with Crippen molar-refractivity contribution >= 4 is 16.9 Å². The Labute approximate surface area is 184 Å². The van der Waals surface area contributed by atoms with E-state index in [2.05, 4.69) is 15.0 Å². The van der Waals surface area contributed by atoms with E-state index in [9.17, 15) is 14.7 Å². The van der Waals surface area contributed by atoms with Crippen molar-refractivity contribution in [1.29, 1.82) is 0 Å². The zero-order chi connectivity index (χ0) is 22.2. The lowest BCUT2D eigenvalue weighted by molar-refractivity contribution is 0.0719. The van der Waals surface area contributed by atoms with Crippen LogP contribution in [0.2, 0.25) is 0 Å². The normalized spacial score (nSPS) is 13.4. The number of aromatic amines is 1. The van der Waals surface area contributed by atoms with E-state index in [0.29, 0.717) is 17.8 Å². The number of hydrogen-bond donors (Lipinski definition) is 2. The second-order valence-corrected chi connectivity index (χ2v) is 8.20. The standard InChI is InChI=1S/C24H23N5O3/c1-28-10-9-25-19(28)14-29(17-7-8-17)24(32)20-22(30)21-18(27-23(20)31)12-16(13-26-21)11-15-5-3-2-4-6-15/h2-6,9-10,12-13,17H,7-8,11,14H2,1H3,(H2,27,30,31). The van der Waals surface area contributed by atoms with E-state index < -0.39 is 11.5 Å². The number of aryl methyl sites for hydroxylation is 1. The predicted octanol–water partition coefficient (Wildman–Crippen LogP) is 2.76. The minimum absolute atomic E-state index is 0.0369. The summed E-state index contributed by atoms with van der Waals surface area (Å²) in [6, 6.07) is 11.7. The molecule has 0 aliphatic heterocycles. The molecule has 0 bridgehead atoms. The summed E-state index contributed by atoms with van der Waals surface area (Å²) in [5.41, 5.74) is 1.72. The average Bonchev–Trinajstić information content (AvgIpc) is 3.54. The van der Waals surface area contributed by atoms with Gasteiger partial charge >= 0.3 is 0 Å². The monoisotopic (exact) mass is 429 g/mol. The zero-order valence-electron chi connectivity index (χ0n) is 17.7. The van der Waals surface area contributed by atoms with Crippen molar-refractivity contribution in [2.75, 3.05) is 0 Å². The number of pyridine rings is 2. The summed E-state index contributed by atoms with van der Waals surface area (Å²) in [6.07, 6.45) is 7.51. The SMILES string of the molecule is Cn1ccnc1CN(C(=O)c1c(O)c2ncc(Cc3ccccc3)cc2[nH]c1=O)C1CC1. The van der Waals surface area contributed by atoms with Crippen LogP contribution in [0, 0.1) is 0 Å². The fourth-order valence-corrected chi connectivity index (χ4v) is 3.93. The maximum atomic E-state index is 13.3. The van der Waals surface area contributed by atoms with Gasteiger partial charge in [0.15, 0.2) is 5.75 Å². The molecule has 0 saturated heterocycles. The van der Waals surface area contributed by atoms with E-state index in [0.717, 1.165) is 24.0 Å². The zero-order valence-corrected chi connectivity index (χ0v) is 17.7. The number of rotatable bonds is 6. The van der Waals surface area contributed by atoms with E-state index >= 15 is 0 Å². The van der Waals surface area contributed by atoms with Crippen LogP contribution in [0.25, 0.3) is 11.0 Å². The van der Waals surface area contributed by atoms with Gasteiger partial charge < -0.3 is 19.6 Å². The molecule has 1 amide bonds. The van der Waals surface area contributed by atoms with Crippen LogP contribution in [0.3, 0.4) is 0 Å². The van der Waals surface area contributed by atoms with E-state index in [1.54, 1.807) is 23.4 Å². The van der Waals surface area contributed by atoms with E-state index in [-0.39, 0.29) is 29.4 Å². The van der Waals surface area contributed by atoms with Crippen molar-refractivity contribution in [2.24, 2.45) is 7.05 Å². The van der Waals surface area contributed by atoms with Gasteiger partial charge in [-0.1, -0.05) is 30.3 Å². The highest BCUT2D eigenvalue weighted by Gasteiger charge is 2.36. The number of fused-ring (bicyclic) bond motifs is 1. The molecule has 5 rings (SSSR count). The second kappa shape index (κ2) is 7.96. The van der Waals surface area contributed by atoms with Gasteiger partial charge in [0.1, 0.15) is 16.9 Å². The van der Waals surface area contributed by atoms with Crippen LogP contribution in [0.15, 0.2) is 59.8 Å². The first-order chi connectivity index (χ1) is 15.5. The first-order valence-corrected chi connectivity index (χ1v) is 10.6. The molecule has 1 fully saturated rings. The molecule has 162 valence electrons. The van der Waals surface area contributed by atoms with Gasteiger partial charge in [-0.3, -0.25) is 14.6 Å². The Morgan fingerprint density at radius 3 is 2.69 bits per heavy atom.